The Hall–Kier alpha value is -0.120. The molecule has 1 saturated heterocycles. The van der Waals surface area contributed by atoms with Crippen LogP contribution in [0.3, 0.4) is 0 Å². The third-order valence-electron chi connectivity index (χ3n) is 2.20. The maximum atomic E-state index is 9.43. The van der Waals surface area contributed by atoms with Gasteiger partial charge in [0.2, 0.25) is 0 Å². The SMILES string of the molecule is C[C@H]1O[C@H](C[N+](C)(C)C)C[C@@H]1O. The van der Waals surface area contributed by atoms with E-state index in [1.807, 2.05) is 6.92 Å². The molecule has 3 nitrogen and oxygen atoms in total. The average molecular weight is 174 g/mol. The van der Waals surface area contributed by atoms with Crippen LogP contribution in [0.2, 0.25) is 0 Å². The van der Waals surface area contributed by atoms with E-state index in [4.69, 9.17) is 4.74 Å². The summed E-state index contributed by atoms with van der Waals surface area (Å²) in [5.74, 6) is 0. The predicted octanol–water partition coefficient (Wildman–Crippen LogP) is 0.231. The first-order valence-corrected chi connectivity index (χ1v) is 4.52. The van der Waals surface area contributed by atoms with Crippen molar-refractivity contribution in [2.45, 2.75) is 31.7 Å². The van der Waals surface area contributed by atoms with E-state index in [9.17, 15) is 5.11 Å². The number of likely N-dealkylation sites (N-methyl/N-ethyl adjacent to an activating group) is 1. The van der Waals surface area contributed by atoms with Gasteiger partial charge >= 0.3 is 0 Å². The number of hydrogen-bond acceptors (Lipinski definition) is 2. The lowest BCUT2D eigenvalue weighted by Crippen LogP contribution is -2.41. The molecule has 1 aliphatic heterocycles. The number of hydrogen-bond donors (Lipinski definition) is 1. The molecule has 0 spiro atoms. The van der Waals surface area contributed by atoms with E-state index in [1.54, 1.807) is 0 Å². The van der Waals surface area contributed by atoms with Crippen LogP contribution < -0.4 is 0 Å². The summed E-state index contributed by atoms with van der Waals surface area (Å²) in [6.45, 7) is 2.90. The zero-order chi connectivity index (χ0) is 9.35. The molecular formula is C9H20NO2+. The van der Waals surface area contributed by atoms with Crippen molar-refractivity contribution in [1.82, 2.24) is 0 Å². The Morgan fingerprint density at radius 1 is 1.42 bits per heavy atom. The average Bonchev–Trinajstić information content (AvgIpc) is 2.07. The van der Waals surface area contributed by atoms with Crippen LogP contribution in [-0.4, -0.2) is 55.6 Å². The van der Waals surface area contributed by atoms with Crippen LogP contribution in [0, 0.1) is 0 Å². The zero-order valence-corrected chi connectivity index (χ0v) is 8.45. The summed E-state index contributed by atoms with van der Waals surface area (Å²) in [6, 6.07) is 0. The minimum atomic E-state index is -0.262. The van der Waals surface area contributed by atoms with E-state index < -0.39 is 0 Å². The van der Waals surface area contributed by atoms with Gasteiger partial charge in [-0.2, -0.15) is 0 Å². The molecule has 3 heteroatoms. The fourth-order valence-electron chi connectivity index (χ4n) is 1.64. The molecule has 3 atom stereocenters. The quantitative estimate of drug-likeness (QED) is 0.607. The van der Waals surface area contributed by atoms with E-state index in [-0.39, 0.29) is 18.3 Å². The molecular weight excluding hydrogens is 154 g/mol. The zero-order valence-electron chi connectivity index (χ0n) is 8.45. The molecule has 0 saturated carbocycles. The second kappa shape index (κ2) is 3.32. The minimum Gasteiger partial charge on any atom is -0.390 e. The summed E-state index contributed by atoms with van der Waals surface area (Å²) in [4.78, 5) is 0. The monoisotopic (exact) mass is 174 g/mol. The lowest BCUT2D eigenvalue weighted by molar-refractivity contribution is -0.873. The first kappa shape index (κ1) is 9.96. The largest absolute Gasteiger partial charge is 0.390 e. The van der Waals surface area contributed by atoms with Crippen molar-refractivity contribution in [1.29, 1.82) is 0 Å². The molecule has 1 fully saturated rings. The lowest BCUT2D eigenvalue weighted by atomic mass is 10.1. The third-order valence-corrected chi connectivity index (χ3v) is 2.20. The highest BCUT2D eigenvalue weighted by Gasteiger charge is 2.33. The van der Waals surface area contributed by atoms with Crippen molar-refractivity contribution >= 4 is 0 Å². The number of aliphatic hydroxyl groups excluding tert-OH is 1. The maximum absolute atomic E-state index is 9.43. The second-order valence-electron chi connectivity index (χ2n) is 4.74. The standard InChI is InChI=1S/C9H20NO2/c1-7-9(11)5-8(12-7)6-10(2,3)4/h7-9,11H,5-6H2,1-4H3/q+1/t7-,8+,9+/m1/s1. The highest BCUT2D eigenvalue weighted by molar-refractivity contribution is 4.78. The van der Waals surface area contributed by atoms with E-state index >= 15 is 0 Å². The molecule has 0 unspecified atom stereocenters. The van der Waals surface area contributed by atoms with Gasteiger partial charge < -0.3 is 14.3 Å². The second-order valence-corrected chi connectivity index (χ2v) is 4.74. The molecule has 0 aromatic rings. The molecule has 0 bridgehead atoms. The van der Waals surface area contributed by atoms with Crippen molar-refractivity contribution in [2.24, 2.45) is 0 Å². The molecule has 0 amide bonds. The maximum Gasteiger partial charge on any atom is 0.109 e. The van der Waals surface area contributed by atoms with Gasteiger partial charge in [0.1, 0.15) is 12.6 Å². The Morgan fingerprint density at radius 3 is 2.33 bits per heavy atom. The third kappa shape index (κ3) is 2.73. The van der Waals surface area contributed by atoms with Gasteiger partial charge in [0.05, 0.1) is 33.4 Å². The summed E-state index contributed by atoms with van der Waals surface area (Å²) >= 11 is 0. The Labute approximate surface area is 74.5 Å². The highest BCUT2D eigenvalue weighted by Crippen LogP contribution is 2.21. The summed E-state index contributed by atoms with van der Waals surface area (Å²) in [7, 11) is 6.41. The number of aliphatic hydroxyl groups is 1. The van der Waals surface area contributed by atoms with Crippen LogP contribution in [-0.2, 0) is 4.74 Å². The summed E-state index contributed by atoms with van der Waals surface area (Å²) < 4.78 is 6.48. The van der Waals surface area contributed by atoms with E-state index in [0.29, 0.717) is 0 Å². The van der Waals surface area contributed by atoms with Gasteiger partial charge in [-0.05, 0) is 6.92 Å². The van der Waals surface area contributed by atoms with Gasteiger partial charge in [-0.15, -0.1) is 0 Å². The molecule has 1 heterocycles. The predicted molar refractivity (Wildman–Crippen MR) is 47.9 cm³/mol. The number of quaternary nitrogens is 1. The number of ether oxygens (including phenoxy) is 1. The Balaban J connectivity index is 2.38. The van der Waals surface area contributed by atoms with Crippen LogP contribution in [0.5, 0.6) is 0 Å². The number of nitrogens with zero attached hydrogens (tertiary/aromatic N) is 1. The lowest BCUT2D eigenvalue weighted by Gasteiger charge is -2.26. The van der Waals surface area contributed by atoms with Gasteiger partial charge in [0.15, 0.2) is 0 Å². The van der Waals surface area contributed by atoms with Crippen molar-refractivity contribution < 1.29 is 14.3 Å². The molecule has 1 rings (SSSR count). The Bertz CT molecular complexity index is 143. The van der Waals surface area contributed by atoms with E-state index in [1.165, 1.54) is 0 Å². The molecule has 72 valence electrons. The van der Waals surface area contributed by atoms with Crippen LogP contribution >= 0.6 is 0 Å². The first-order valence-electron chi connectivity index (χ1n) is 4.52. The van der Waals surface area contributed by atoms with Gasteiger partial charge in [-0.1, -0.05) is 0 Å². The topological polar surface area (TPSA) is 29.5 Å². The Morgan fingerprint density at radius 2 is 2.00 bits per heavy atom. The van der Waals surface area contributed by atoms with Crippen LogP contribution in [0.25, 0.3) is 0 Å². The van der Waals surface area contributed by atoms with Crippen molar-refractivity contribution in [3.8, 4) is 0 Å². The molecule has 0 aromatic heterocycles. The Kier molecular flexibility index (Phi) is 2.76. The van der Waals surface area contributed by atoms with Crippen molar-refractivity contribution in [3.63, 3.8) is 0 Å². The molecule has 0 radical (unpaired) electrons. The highest BCUT2D eigenvalue weighted by atomic mass is 16.5. The van der Waals surface area contributed by atoms with Gasteiger partial charge in [0.25, 0.3) is 0 Å². The minimum absolute atomic E-state index is 0.0153. The normalized spacial score (nSPS) is 37.2. The molecule has 0 aliphatic carbocycles. The summed E-state index contributed by atoms with van der Waals surface area (Å²) in [5, 5.41) is 9.43. The van der Waals surface area contributed by atoms with Crippen LogP contribution in [0.4, 0.5) is 0 Å². The molecule has 12 heavy (non-hydrogen) atoms. The van der Waals surface area contributed by atoms with Crippen LogP contribution in [0.15, 0.2) is 0 Å². The molecule has 1 aliphatic rings. The van der Waals surface area contributed by atoms with E-state index in [2.05, 4.69) is 21.1 Å². The van der Waals surface area contributed by atoms with Crippen molar-refractivity contribution in [3.05, 3.63) is 0 Å². The smallest absolute Gasteiger partial charge is 0.109 e. The fourth-order valence-corrected chi connectivity index (χ4v) is 1.64. The van der Waals surface area contributed by atoms with Gasteiger partial charge in [0, 0.05) is 6.42 Å². The summed E-state index contributed by atoms with van der Waals surface area (Å²) in [5.41, 5.74) is 0. The first-order chi connectivity index (χ1) is 5.38. The molecule has 0 aromatic carbocycles. The number of rotatable bonds is 2. The van der Waals surface area contributed by atoms with Crippen molar-refractivity contribution in [2.75, 3.05) is 27.7 Å². The summed E-state index contributed by atoms with van der Waals surface area (Å²) in [6.07, 6.45) is 0.773. The van der Waals surface area contributed by atoms with E-state index in [0.717, 1.165) is 17.4 Å². The van der Waals surface area contributed by atoms with Crippen LogP contribution in [0.1, 0.15) is 13.3 Å². The molecule has 1 N–H and O–H groups in total. The van der Waals surface area contributed by atoms with Gasteiger partial charge in [-0.25, -0.2) is 0 Å². The fraction of sp³-hybridized carbons (Fsp3) is 1.00. The van der Waals surface area contributed by atoms with Gasteiger partial charge in [-0.3, -0.25) is 0 Å².